The van der Waals surface area contributed by atoms with Gasteiger partial charge in [0, 0.05) is 85.3 Å². The summed E-state index contributed by atoms with van der Waals surface area (Å²) in [5, 5.41) is 22.4. The summed E-state index contributed by atoms with van der Waals surface area (Å²) in [4.78, 5) is 101. The number of aliphatic carboxylic acids is 1. The van der Waals surface area contributed by atoms with Crippen molar-refractivity contribution < 1.29 is 71.2 Å². The Morgan fingerprint density at radius 2 is 1.18 bits per heavy atom. The van der Waals surface area contributed by atoms with E-state index < -0.39 is 66.0 Å². The monoisotopic (exact) mass is 1070 g/mol. The van der Waals surface area contributed by atoms with E-state index in [0.717, 1.165) is 41.0 Å². The Balaban J connectivity index is 0.000000205. The van der Waals surface area contributed by atoms with Crippen LogP contribution in [0.25, 0.3) is 0 Å². The molecule has 4 aromatic carbocycles. The number of imide groups is 2. The Labute approximate surface area is 443 Å². The van der Waals surface area contributed by atoms with Crippen LogP contribution in [-0.4, -0.2) is 122 Å². The van der Waals surface area contributed by atoms with Gasteiger partial charge in [-0.25, -0.2) is 37.8 Å². The van der Waals surface area contributed by atoms with Gasteiger partial charge >= 0.3 is 30.2 Å². The van der Waals surface area contributed by atoms with Gasteiger partial charge in [0.25, 0.3) is 11.8 Å². The van der Waals surface area contributed by atoms with Crippen molar-refractivity contribution in [3.63, 3.8) is 0 Å². The second-order valence-electron chi connectivity index (χ2n) is 18.4. The van der Waals surface area contributed by atoms with E-state index in [2.05, 4.69) is 26.6 Å². The SMILES string of the molecule is C.C.CNC(=O)Nc1ccc2c(c1)CC[C@@]21OC(=O)N(CC(=O)N2CCCC2c2ccc(F)cc2OC)C1=O.CNC(=O)Nc1ccc2c(c1)CC[C@@]21OC(=O)N(CC(=O)O)C1=O.COc1cc(F)ccc1C1CCCN1. The average Bonchev–Trinajstić information content (AvgIpc) is 4.29. The molecule has 4 aliphatic heterocycles. The molecule has 21 nitrogen and oxygen atoms in total. The predicted molar refractivity (Wildman–Crippen MR) is 276 cm³/mol. The Kier molecular flexibility index (Phi) is 18.1. The molecule has 4 heterocycles. The van der Waals surface area contributed by atoms with Gasteiger partial charge in [-0.05, 0) is 92.6 Å². The van der Waals surface area contributed by atoms with Crippen molar-refractivity contribution in [1.82, 2.24) is 30.7 Å². The van der Waals surface area contributed by atoms with Crippen molar-refractivity contribution >= 4 is 59.3 Å². The molecule has 412 valence electrons. The molecule has 4 aromatic rings. The van der Waals surface area contributed by atoms with Crippen LogP contribution in [0.4, 0.5) is 39.3 Å². The van der Waals surface area contributed by atoms with Crippen LogP contribution in [0.1, 0.15) is 98.8 Å². The highest BCUT2D eigenvalue weighted by Gasteiger charge is 2.60. The number of carboxylic acid groups (broad SMARTS) is 1. The van der Waals surface area contributed by atoms with E-state index in [9.17, 15) is 47.1 Å². The lowest BCUT2D eigenvalue weighted by Gasteiger charge is -2.27. The second-order valence-corrected chi connectivity index (χ2v) is 18.4. The zero-order chi connectivity index (χ0) is 53.8. The van der Waals surface area contributed by atoms with Crippen LogP contribution in [0, 0.1) is 11.6 Å². The smallest absolute Gasteiger partial charge is 0.418 e. The maximum atomic E-state index is 13.7. The van der Waals surface area contributed by atoms with Gasteiger partial charge in [0.1, 0.15) is 36.2 Å². The van der Waals surface area contributed by atoms with Gasteiger partial charge < -0.3 is 55.5 Å². The third kappa shape index (κ3) is 11.6. The highest BCUT2D eigenvalue weighted by Crippen LogP contribution is 2.48. The number of carbonyl (C=O) groups is 8. The molecule has 77 heavy (non-hydrogen) atoms. The Bertz CT molecular complexity index is 2960. The van der Waals surface area contributed by atoms with E-state index in [1.807, 2.05) is 0 Å². The number of anilines is 2. The normalized spacial score (nSPS) is 21.3. The van der Waals surface area contributed by atoms with Gasteiger partial charge in [0.15, 0.2) is 0 Å². The van der Waals surface area contributed by atoms with Crippen LogP contribution in [0.15, 0.2) is 72.8 Å². The first-order valence-corrected chi connectivity index (χ1v) is 24.2. The van der Waals surface area contributed by atoms with E-state index in [0.29, 0.717) is 76.3 Å². The van der Waals surface area contributed by atoms with E-state index >= 15 is 0 Å². The molecule has 2 spiro atoms. The number of nitrogens with one attached hydrogen (secondary N) is 5. The highest BCUT2D eigenvalue weighted by molar-refractivity contribution is 6.07. The number of likely N-dealkylation sites (tertiary alicyclic amines) is 1. The van der Waals surface area contributed by atoms with Gasteiger partial charge in [0.05, 0.1) is 20.3 Å². The standard InChI is InChI=1S/C26H27FN4O6.C15H15N3O6.C11H14FNO.2CH4/c1-28-24(34)29-17-6-8-19-15(12-17)9-10-26(19)23(33)31(25(35)37-26)14-22(32)30-11-3-4-20(30)18-7-5-16(27)13-21(18)36-2;1-16-13(22)17-9-2-3-10-8(6-9)4-5-15(10)12(21)18(7-11(19)20)14(23)24-15;1-14-11-7-8(12)4-5-9(11)10-3-2-6-13-10;;/h5-8,12-13,20H,3-4,9-11,14H2,1-2H3,(H2,28,29,34);2-3,6H,4-5,7H2,1H3,(H,19,20)(H2,16,17,22);4-5,7,10,13H,2-3,6H2,1H3;2*1H4/t20?,26-;15-;;;/m11.../s1. The molecule has 6 aliphatic rings. The molecular weight excluding hydrogens is 1010 g/mol. The first-order chi connectivity index (χ1) is 35.9. The van der Waals surface area contributed by atoms with Crippen LogP contribution < -0.4 is 36.1 Å². The van der Waals surface area contributed by atoms with Gasteiger partial charge in [-0.2, -0.15) is 0 Å². The summed E-state index contributed by atoms with van der Waals surface area (Å²) in [5.74, 6) is -2.64. The number of nitrogens with zero attached hydrogens (tertiary/aromatic N) is 3. The molecule has 4 saturated heterocycles. The van der Waals surface area contributed by atoms with Crippen molar-refractivity contribution in [3.05, 3.63) is 118 Å². The highest BCUT2D eigenvalue weighted by atomic mass is 19.1. The summed E-state index contributed by atoms with van der Waals surface area (Å²) >= 11 is 0. The summed E-state index contributed by atoms with van der Waals surface area (Å²) in [6, 6.07) is 18.1. The minimum Gasteiger partial charge on any atom is -0.496 e. The second kappa shape index (κ2) is 24.1. The largest absolute Gasteiger partial charge is 0.496 e. The number of rotatable bonds is 10. The molecule has 0 aromatic heterocycles. The van der Waals surface area contributed by atoms with Crippen LogP contribution in [0.3, 0.4) is 0 Å². The fourth-order valence-electron chi connectivity index (χ4n) is 10.5. The van der Waals surface area contributed by atoms with Gasteiger partial charge in [-0.1, -0.05) is 39.1 Å². The molecule has 0 saturated carbocycles. The topological polar surface area (TPSA) is 264 Å². The molecule has 6 N–H and O–H groups in total. The lowest BCUT2D eigenvalue weighted by Crippen LogP contribution is -2.44. The van der Waals surface area contributed by atoms with E-state index in [1.54, 1.807) is 60.5 Å². The quantitative estimate of drug-likeness (QED) is 0.0915. The number of amides is 9. The number of hydrogen-bond donors (Lipinski definition) is 6. The zero-order valence-corrected chi connectivity index (χ0v) is 41.5. The fraction of sp³-hybridized carbons (Fsp3) is 0.407. The number of carboxylic acids is 1. The van der Waals surface area contributed by atoms with Crippen molar-refractivity contribution in [3.8, 4) is 11.5 Å². The predicted octanol–water partition coefficient (Wildman–Crippen LogP) is 7.24. The van der Waals surface area contributed by atoms with Crippen molar-refractivity contribution in [2.75, 3.05) is 65.1 Å². The van der Waals surface area contributed by atoms with E-state index in [4.69, 9.17) is 24.1 Å². The Hall–Kier alpha value is -8.34. The number of ether oxygens (including phenoxy) is 4. The molecule has 4 atom stereocenters. The molecule has 23 heteroatoms. The fourth-order valence-corrected chi connectivity index (χ4v) is 10.5. The number of urea groups is 2. The zero-order valence-electron chi connectivity index (χ0n) is 41.5. The third-order valence-corrected chi connectivity index (χ3v) is 14.0. The maximum absolute atomic E-state index is 13.7. The number of hydrogen-bond acceptors (Lipinski definition) is 13. The summed E-state index contributed by atoms with van der Waals surface area (Å²) in [6.45, 7) is 0.289. The van der Waals surface area contributed by atoms with Crippen LogP contribution in [0.5, 0.6) is 11.5 Å². The summed E-state index contributed by atoms with van der Waals surface area (Å²) in [5.41, 5.74) is 2.51. The van der Waals surface area contributed by atoms with Crippen molar-refractivity contribution in [2.24, 2.45) is 0 Å². The molecular formula is C54H64F2N8O13. The van der Waals surface area contributed by atoms with Gasteiger partial charge in [-0.15, -0.1) is 0 Å². The number of halogens is 2. The molecule has 10 rings (SSSR count). The van der Waals surface area contributed by atoms with E-state index in [1.165, 1.54) is 51.9 Å². The number of methoxy groups -OCH3 is 2. The summed E-state index contributed by atoms with van der Waals surface area (Å²) < 4.78 is 48.0. The molecule has 2 unspecified atom stereocenters. The van der Waals surface area contributed by atoms with Crippen molar-refractivity contribution in [2.45, 2.75) is 89.5 Å². The Morgan fingerprint density at radius 3 is 1.65 bits per heavy atom. The number of benzene rings is 4. The molecule has 0 bridgehead atoms. The maximum Gasteiger partial charge on any atom is 0.418 e. The number of fused-ring (bicyclic) bond motifs is 4. The number of carbonyl (C=O) groups excluding carboxylic acids is 7. The minimum absolute atomic E-state index is 0. The molecule has 9 amide bonds. The first-order valence-electron chi connectivity index (χ1n) is 24.2. The molecule has 2 aliphatic carbocycles. The lowest BCUT2D eigenvalue weighted by atomic mass is 9.94. The third-order valence-electron chi connectivity index (χ3n) is 14.0. The van der Waals surface area contributed by atoms with Crippen LogP contribution in [0.2, 0.25) is 0 Å². The van der Waals surface area contributed by atoms with Crippen LogP contribution >= 0.6 is 0 Å². The first kappa shape index (κ1) is 57.9. The van der Waals surface area contributed by atoms with Gasteiger partial charge in [0.2, 0.25) is 17.1 Å². The van der Waals surface area contributed by atoms with Crippen molar-refractivity contribution in [1.29, 1.82) is 0 Å². The Morgan fingerprint density at radius 1 is 0.688 bits per heavy atom. The summed E-state index contributed by atoms with van der Waals surface area (Å²) in [6.07, 6.45) is 3.25. The summed E-state index contributed by atoms with van der Waals surface area (Å²) in [7, 11) is 6.01. The van der Waals surface area contributed by atoms with Gasteiger partial charge in [-0.3, -0.25) is 19.2 Å². The lowest BCUT2D eigenvalue weighted by molar-refractivity contribution is -0.144. The van der Waals surface area contributed by atoms with E-state index in [-0.39, 0.29) is 51.6 Å². The molecule has 0 radical (unpaired) electrons. The minimum atomic E-state index is -1.48. The van der Waals surface area contributed by atoms with Crippen LogP contribution in [-0.2, 0) is 52.7 Å². The average molecular weight is 1070 g/mol. The molecule has 4 fully saturated rings. The number of aryl methyl sites for hydroxylation is 2.